The van der Waals surface area contributed by atoms with Crippen LogP contribution in [0.15, 0.2) is 30.3 Å². The fourth-order valence-electron chi connectivity index (χ4n) is 2.95. The first-order valence-electron chi connectivity index (χ1n) is 10.2. The van der Waals surface area contributed by atoms with Crippen LogP contribution in [0.1, 0.15) is 83.5 Å². The molecule has 2 unspecified atom stereocenters. The van der Waals surface area contributed by atoms with Crippen LogP contribution >= 0.6 is 7.60 Å². The fraction of sp³-hybridized carbons (Fsp3) is 0.667. The first kappa shape index (κ1) is 33.0. The molecule has 30 heavy (non-hydrogen) atoms. The molecular weight excluding hydrogens is 423 g/mol. The maximum absolute atomic E-state index is 12.8. The van der Waals surface area contributed by atoms with E-state index in [4.69, 9.17) is 4.52 Å². The number of carboxylic acid groups (broad SMARTS) is 1. The Hall–Kier alpha value is 0.800. The molecule has 0 aromatic heterocycles. The molecule has 0 aliphatic heterocycles. The summed E-state index contributed by atoms with van der Waals surface area (Å²) in [6.45, 7) is 5.05. The minimum atomic E-state index is -4.56. The smallest absolute Gasteiger partial charge is 0.777 e. The summed E-state index contributed by atoms with van der Waals surface area (Å²) in [6.07, 6.45) is 9.23. The summed E-state index contributed by atoms with van der Waals surface area (Å²) in [6, 6.07) is 8.64. The molecule has 0 radical (unpaired) electrons. The van der Waals surface area contributed by atoms with Crippen molar-refractivity contribution in [2.75, 3.05) is 6.54 Å². The van der Waals surface area contributed by atoms with Gasteiger partial charge in [0.25, 0.3) is 0 Å². The number of benzene rings is 1. The van der Waals surface area contributed by atoms with E-state index in [1.807, 2.05) is 0 Å². The number of rotatable bonds is 15. The van der Waals surface area contributed by atoms with Crippen LogP contribution in [0.2, 0.25) is 0 Å². The van der Waals surface area contributed by atoms with Gasteiger partial charge in [0.1, 0.15) is 5.60 Å². The molecule has 0 spiro atoms. The summed E-state index contributed by atoms with van der Waals surface area (Å²) in [5.41, 5.74) is -1.40. The molecule has 0 saturated heterocycles. The molecule has 0 amide bonds. The van der Waals surface area contributed by atoms with Gasteiger partial charge in [0.2, 0.25) is 0 Å². The first-order chi connectivity index (χ1) is 13.2. The molecule has 0 heterocycles. The van der Waals surface area contributed by atoms with Crippen LogP contribution in [0.25, 0.3) is 0 Å². The Bertz CT molecular complexity index is 631. The van der Waals surface area contributed by atoms with Gasteiger partial charge in [0.15, 0.2) is 7.60 Å². The Labute approximate surface area is 226 Å². The zero-order chi connectivity index (χ0) is 21.0. The Kier molecular flexibility index (Phi) is 19.0. The van der Waals surface area contributed by atoms with Crippen molar-refractivity contribution in [1.29, 1.82) is 0 Å². The van der Waals surface area contributed by atoms with Gasteiger partial charge in [-0.05, 0) is 32.4 Å². The number of aliphatic carboxylic acids is 1. The van der Waals surface area contributed by atoms with E-state index in [1.165, 1.54) is 46.0 Å². The molecule has 1 aromatic rings. The molecule has 9 heteroatoms. The third-order valence-corrected chi connectivity index (χ3v) is 6.47. The van der Waals surface area contributed by atoms with Gasteiger partial charge in [0, 0.05) is 0 Å². The molecule has 0 fully saturated rings. The van der Waals surface area contributed by atoms with Crippen LogP contribution in [0.5, 0.6) is 0 Å². The summed E-state index contributed by atoms with van der Waals surface area (Å²) in [7, 11) is -4.56. The van der Waals surface area contributed by atoms with Gasteiger partial charge >= 0.3 is 59.1 Å². The number of hydrogen-bond donors (Lipinski definition) is 1. The first-order valence-corrected chi connectivity index (χ1v) is 11.8. The summed E-state index contributed by atoms with van der Waals surface area (Å²) < 4.78 is 17.8. The zero-order valence-corrected chi connectivity index (χ0v) is 24.2. The van der Waals surface area contributed by atoms with E-state index in [9.17, 15) is 19.4 Å². The molecule has 0 bridgehead atoms. The van der Waals surface area contributed by atoms with Gasteiger partial charge in [-0.2, -0.15) is 0 Å². The van der Waals surface area contributed by atoms with Crippen molar-refractivity contribution in [3.8, 4) is 0 Å². The topological polar surface area (TPSA) is 102 Å². The summed E-state index contributed by atoms with van der Waals surface area (Å²) >= 11 is 0. The Morgan fingerprint density at radius 3 is 2.03 bits per heavy atom. The van der Waals surface area contributed by atoms with Crippen molar-refractivity contribution in [2.24, 2.45) is 0 Å². The third-order valence-electron chi connectivity index (χ3n) is 4.65. The standard InChI is InChI=1S/C21H36NO5P.2Na/c1-4-5-6-7-8-9-10-14-17-22-19(18-15-12-11-13-16-18)28(25,26)27-21(2,3)20(23)24;;/h11-13,15-16,19,22H,4-10,14,17H2,1-3H3,(H,23,24)(H,25,26);;/q;2*+1/p-2. The van der Waals surface area contributed by atoms with E-state index in [0.717, 1.165) is 19.3 Å². The van der Waals surface area contributed by atoms with Crippen molar-refractivity contribution >= 4 is 13.6 Å². The van der Waals surface area contributed by atoms with Gasteiger partial charge < -0.3 is 29.2 Å². The van der Waals surface area contributed by atoms with Crippen molar-refractivity contribution in [3.63, 3.8) is 0 Å². The number of carbonyl (C=O) groups is 1. The monoisotopic (exact) mass is 457 g/mol. The second-order valence-electron chi connectivity index (χ2n) is 7.67. The minimum absolute atomic E-state index is 0. The maximum Gasteiger partial charge on any atom is 1.00 e. The molecule has 1 N–H and O–H groups in total. The van der Waals surface area contributed by atoms with Gasteiger partial charge in [-0.1, -0.05) is 82.2 Å². The van der Waals surface area contributed by atoms with E-state index < -0.39 is 24.9 Å². The van der Waals surface area contributed by atoms with E-state index in [0.29, 0.717) is 12.1 Å². The van der Waals surface area contributed by atoms with Crippen LogP contribution in [0.3, 0.4) is 0 Å². The number of carbonyl (C=O) groups excluding carboxylic acids is 1. The van der Waals surface area contributed by atoms with Gasteiger partial charge in [-0.15, -0.1) is 0 Å². The van der Waals surface area contributed by atoms with Crippen molar-refractivity contribution in [3.05, 3.63) is 35.9 Å². The SMILES string of the molecule is CCCCCCCCCCNC(c1ccccc1)P(=O)([O-])OC(C)(C)C(=O)[O-].[Na+].[Na+]. The Morgan fingerprint density at radius 2 is 1.53 bits per heavy atom. The fourth-order valence-corrected chi connectivity index (χ4v) is 4.66. The quantitative estimate of drug-likeness (QED) is 0.178. The van der Waals surface area contributed by atoms with E-state index >= 15 is 0 Å². The van der Waals surface area contributed by atoms with Gasteiger partial charge in [0.05, 0.1) is 11.8 Å². The summed E-state index contributed by atoms with van der Waals surface area (Å²) in [4.78, 5) is 23.9. The summed E-state index contributed by atoms with van der Waals surface area (Å²) in [5, 5.41) is 14.2. The average Bonchev–Trinajstić information content (AvgIpc) is 2.63. The predicted octanol–water partition coefficient (Wildman–Crippen LogP) is -2.48. The molecule has 1 rings (SSSR count). The number of unbranched alkanes of at least 4 members (excludes halogenated alkanes) is 7. The van der Waals surface area contributed by atoms with Crippen molar-refractivity contribution < 1.29 is 83.0 Å². The Morgan fingerprint density at radius 1 is 1.03 bits per heavy atom. The molecule has 0 saturated carbocycles. The third kappa shape index (κ3) is 12.7. The molecule has 1 aromatic carbocycles. The van der Waals surface area contributed by atoms with Crippen LogP contribution in [0.4, 0.5) is 0 Å². The Balaban J connectivity index is 0. The van der Waals surface area contributed by atoms with Gasteiger partial charge in [-0.25, -0.2) is 0 Å². The molecule has 6 nitrogen and oxygen atoms in total. The summed E-state index contributed by atoms with van der Waals surface area (Å²) in [5.74, 6) is -2.67. The predicted molar refractivity (Wildman–Crippen MR) is 108 cm³/mol. The largest absolute Gasteiger partial charge is 1.00 e. The molecule has 0 aliphatic rings. The van der Waals surface area contributed by atoms with Crippen LogP contribution in [-0.4, -0.2) is 18.1 Å². The number of carboxylic acids is 1. The molecular formula is C21H34NNa2O5P. The normalized spacial score (nSPS) is 14.1. The van der Waals surface area contributed by atoms with E-state index in [2.05, 4.69) is 12.2 Å². The van der Waals surface area contributed by atoms with Gasteiger partial charge in [-0.3, -0.25) is 0 Å². The van der Waals surface area contributed by atoms with Crippen molar-refractivity contribution in [2.45, 2.75) is 83.5 Å². The molecule has 160 valence electrons. The molecule has 2 atom stereocenters. The van der Waals surface area contributed by atoms with Crippen LogP contribution < -0.4 is 74.4 Å². The van der Waals surface area contributed by atoms with Crippen LogP contribution in [0, 0.1) is 0 Å². The van der Waals surface area contributed by atoms with Crippen molar-refractivity contribution in [1.82, 2.24) is 5.32 Å². The number of hydrogen-bond acceptors (Lipinski definition) is 6. The zero-order valence-electron chi connectivity index (χ0n) is 19.3. The average molecular weight is 457 g/mol. The maximum atomic E-state index is 12.8. The second kappa shape index (κ2) is 17.3. The van der Waals surface area contributed by atoms with E-state index in [1.54, 1.807) is 30.3 Å². The van der Waals surface area contributed by atoms with E-state index in [-0.39, 0.29) is 59.1 Å². The number of nitrogens with one attached hydrogen (secondary N) is 1. The van der Waals surface area contributed by atoms with Crippen LogP contribution in [-0.2, 0) is 13.9 Å². The molecule has 0 aliphatic carbocycles. The minimum Gasteiger partial charge on any atom is -0.777 e. The second-order valence-corrected chi connectivity index (χ2v) is 9.45.